The zero-order valence-electron chi connectivity index (χ0n) is 10.9. The minimum absolute atomic E-state index is 0.0273. The minimum atomic E-state index is -4.04. The highest BCUT2D eigenvalue weighted by molar-refractivity contribution is 7.87. The van der Waals surface area contributed by atoms with Crippen LogP contribution in [-0.2, 0) is 20.2 Å². The van der Waals surface area contributed by atoms with Gasteiger partial charge >= 0.3 is 20.2 Å². The zero-order valence-corrected chi connectivity index (χ0v) is 13.4. The van der Waals surface area contributed by atoms with Gasteiger partial charge in [-0.2, -0.15) is 16.8 Å². The molecule has 0 amide bonds. The van der Waals surface area contributed by atoms with Crippen LogP contribution < -0.4 is 8.37 Å². The molecule has 0 spiro atoms. The highest BCUT2D eigenvalue weighted by Crippen LogP contribution is 2.34. The van der Waals surface area contributed by atoms with E-state index in [-0.39, 0.29) is 22.1 Å². The molecule has 0 unspecified atom stereocenters. The SMILES string of the molecule is CCS(=O)(=O)Oc1cscc1OS(=O)(=O)c1ccccc1. The molecule has 1 aromatic carbocycles. The molecule has 0 radical (unpaired) electrons. The van der Waals surface area contributed by atoms with Gasteiger partial charge in [0.2, 0.25) is 0 Å². The first kappa shape index (κ1) is 15.8. The molecule has 0 bridgehead atoms. The van der Waals surface area contributed by atoms with Crippen LogP contribution in [0.15, 0.2) is 46.0 Å². The van der Waals surface area contributed by atoms with Crippen LogP contribution in [0.3, 0.4) is 0 Å². The molecular weight excluding hydrogens is 336 g/mol. The number of thiophene rings is 1. The van der Waals surface area contributed by atoms with E-state index in [0.717, 1.165) is 11.3 Å². The Kier molecular flexibility index (Phi) is 4.55. The van der Waals surface area contributed by atoms with E-state index in [9.17, 15) is 16.8 Å². The van der Waals surface area contributed by atoms with Crippen LogP contribution in [0, 0.1) is 0 Å². The Labute approximate surface area is 127 Å². The molecule has 1 heterocycles. The minimum Gasteiger partial charge on any atom is -0.377 e. The maximum Gasteiger partial charge on any atom is 0.339 e. The Balaban J connectivity index is 2.28. The molecule has 9 heteroatoms. The van der Waals surface area contributed by atoms with Crippen molar-refractivity contribution >= 4 is 31.6 Å². The van der Waals surface area contributed by atoms with Gasteiger partial charge in [-0.25, -0.2) is 0 Å². The molecule has 1 aromatic heterocycles. The fourth-order valence-corrected chi connectivity index (χ4v) is 3.58. The van der Waals surface area contributed by atoms with Crippen molar-refractivity contribution in [3.8, 4) is 11.5 Å². The second kappa shape index (κ2) is 6.04. The lowest BCUT2D eigenvalue weighted by molar-refractivity contribution is 0.452. The average Bonchev–Trinajstić information content (AvgIpc) is 2.85. The van der Waals surface area contributed by atoms with Gasteiger partial charge in [0.05, 0.1) is 5.75 Å². The third-order valence-corrected chi connectivity index (χ3v) is 5.48. The average molecular weight is 348 g/mol. The van der Waals surface area contributed by atoms with Crippen LogP contribution >= 0.6 is 11.3 Å². The quantitative estimate of drug-likeness (QED) is 0.744. The van der Waals surface area contributed by atoms with Crippen LogP contribution in [0.5, 0.6) is 11.5 Å². The Bertz CT molecular complexity index is 806. The summed E-state index contributed by atoms with van der Waals surface area (Å²) in [7, 11) is -7.79. The fraction of sp³-hybridized carbons (Fsp3) is 0.167. The van der Waals surface area contributed by atoms with Gasteiger partial charge in [-0.15, -0.1) is 11.3 Å². The van der Waals surface area contributed by atoms with Crippen LogP contribution in [0.2, 0.25) is 0 Å². The Morgan fingerprint density at radius 2 is 1.52 bits per heavy atom. The summed E-state index contributed by atoms with van der Waals surface area (Å²) in [6.45, 7) is 1.42. The normalized spacial score (nSPS) is 12.0. The topological polar surface area (TPSA) is 86.7 Å². The highest BCUT2D eigenvalue weighted by Gasteiger charge is 2.22. The molecule has 0 aliphatic rings. The van der Waals surface area contributed by atoms with Crippen molar-refractivity contribution in [1.29, 1.82) is 0 Å². The predicted molar refractivity (Wildman–Crippen MR) is 78.7 cm³/mol. The third kappa shape index (κ3) is 3.96. The molecule has 0 saturated heterocycles. The smallest absolute Gasteiger partial charge is 0.339 e. The van der Waals surface area contributed by atoms with Crippen molar-refractivity contribution in [3.63, 3.8) is 0 Å². The van der Waals surface area contributed by atoms with E-state index >= 15 is 0 Å². The lowest BCUT2D eigenvalue weighted by atomic mass is 10.4. The monoisotopic (exact) mass is 348 g/mol. The van der Waals surface area contributed by atoms with Crippen LogP contribution in [0.25, 0.3) is 0 Å². The number of hydrogen-bond donors (Lipinski definition) is 0. The number of hydrogen-bond acceptors (Lipinski definition) is 7. The molecule has 0 saturated carbocycles. The van der Waals surface area contributed by atoms with Gasteiger partial charge in [-0.1, -0.05) is 18.2 Å². The molecule has 21 heavy (non-hydrogen) atoms. The summed E-state index contributed by atoms with van der Waals surface area (Å²) in [6, 6.07) is 7.55. The fourth-order valence-electron chi connectivity index (χ4n) is 1.34. The summed E-state index contributed by atoms with van der Waals surface area (Å²) in [5.74, 6) is -0.518. The van der Waals surface area contributed by atoms with Gasteiger partial charge in [-0.05, 0) is 19.1 Å². The molecule has 0 fully saturated rings. The first-order chi connectivity index (χ1) is 9.84. The Hall–Kier alpha value is -1.58. The summed E-state index contributed by atoms with van der Waals surface area (Å²) < 4.78 is 56.7. The van der Waals surface area contributed by atoms with Crippen molar-refractivity contribution in [3.05, 3.63) is 41.1 Å². The van der Waals surface area contributed by atoms with E-state index in [1.54, 1.807) is 18.2 Å². The first-order valence-corrected chi connectivity index (χ1v) is 9.75. The molecule has 0 aliphatic heterocycles. The molecule has 0 aliphatic carbocycles. The van der Waals surface area contributed by atoms with Crippen molar-refractivity contribution in [2.75, 3.05) is 5.75 Å². The molecule has 0 N–H and O–H groups in total. The van der Waals surface area contributed by atoms with Crippen molar-refractivity contribution < 1.29 is 25.2 Å². The molecule has 0 atom stereocenters. The second-order valence-corrected chi connectivity index (χ2v) is 8.03. The maximum absolute atomic E-state index is 12.1. The summed E-state index contributed by atoms with van der Waals surface area (Å²) in [5.41, 5.74) is 0. The van der Waals surface area contributed by atoms with E-state index in [1.165, 1.54) is 29.8 Å². The van der Waals surface area contributed by atoms with Gasteiger partial charge in [0, 0.05) is 10.8 Å². The van der Waals surface area contributed by atoms with Crippen molar-refractivity contribution in [2.45, 2.75) is 11.8 Å². The zero-order chi connectivity index (χ0) is 15.5. The van der Waals surface area contributed by atoms with Gasteiger partial charge in [0.15, 0.2) is 11.5 Å². The highest BCUT2D eigenvalue weighted by atomic mass is 32.2. The van der Waals surface area contributed by atoms with Gasteiger partial charge in [0.25, 0.3) is 0 Å². The van der Waals surface area contributed by atoms with Crippen molar-refractivity contribution in [2.24, 2.45) is 0 Å². The van der Waals surface area contributed by atoms with E-state index in [2.05, 4.69) is 0 Å². The lowest BCUT2D eigenvalue weighted by Crippen LogP contribution is -2.13. The second-order valence-electron chi connectivity index (χ2n) is 3.88. The van der Waals surface area contributed by atoms with E-state index in [4.69, 9.17) is 8.37 Å². The van der Waals surface area contributed by atoms with Crippen molar-refractivity contribution in [1.82, 2.24) is 0 Å². The van der Waals surface area contributed by atoms with Gasteiger partial charge in [0.1, 0.15) is 4.90 Å². The maximum atomic E-state index is 12.1. The summed E-state index contributed by atoms with van der Waals surface area (Å²) in [5, 5.41) is 2.73. The summed E-state index contributed by atoms with van der Waals surface area (Å²) in [6.07, 6.45) is 0. The first-order valence-electron chi connectivity index (χ1n) is 5.82. The third-order valence-electron chi connectivity index (χ3n) is 2.39. The summed E-state index contributed by atoms with van der Waals surface area (Å²) in [4.78, 5) is -0.0273. The standard InChI is InChI=1S/C12H12O6S3/c1-2-20(13,14)17-11-8-19-9-12(11)18-21(15,16)10-6-4-3-5-7-10/h3-9H,2H2,1H3. The molecule has 2 aromatic rings. The van der Waals surface area contributed by atoms with Crippen LogP contribution in [0.1, 0.15) is 6.92 Å². The predicted octanol–water partition coefficient (Wildman–Crippen LogP) is 2.24. The molecule has 114 valence electrons. The number of benzene rings is 1. The Morgan fingerprint density at radius 3 is 2.10 bits per heavy atom. The van der Waals surface area contributed by atoms with Gasteiger partial charge < -0.3 is 8.37 Å². The molecule has 2 rings (SSSR count). The summed E-state index contributed by atoms with van der Waals surface area (Å²) >= 11 is 1.07. The van der Waals surface area contributed by atoms with Crippen LogP contribution in [-0.4, -0.2) is 22.6 Å². The Morgan fingerprint density at radius 1 is 0.952 bits per heavy atom. The van der Waals surface area contributed by atoms with Crippen LogP contribution in [0.4, 0.5) is 0 Å². The van der Waals surface area contributed by atoms with E-state index < -0.39 is 20.2 Å². The van der Waals surface area contributed by atoms with E-state index in [1.807, 2.05) is 0 Å². The largest absolute Gasteiger partial charge is 0.377 e. The van der Waals surface area contributed by atoms with E-state index in [0.29, 0.717) is 0 Å². The lowest BCUT2D eigenvalue weighted by Gasteiger charge is -2.08. The molecule has 6 nitrogen and oxygen atoms in total. The van der Waals surface area contributed by atoms with Gasteiger partial charge in [-0.3, -0.25) is 0 Å². The molecular formula is C12H12O6S3. The number of rotatable bonds is 6.